The van der Waals surface area contributed by atoms with Crippen LogP contribution < -0.4 is 4.74 Å². The van der Waals surface area contributed by atoms with Crippen LogP contribution in [0.25, 0.3) is 16.5 Å². The molecule has 0 spiro atoms. The maximum absolute atomic E-state index is 12.6. The van der Waals surface area contributed by atoms with Crippen LogP contribution in [0.15, 0.2) is 83.3 Å². The summed E-state index contributed by atoms with van der Waals surface area (Å²) in [5.74, 6) is 3.30. The van der Waals surface area contributed by atoms with E-state index >= 15 is 0 Å². The Kier molecular flexibility index (Phi) is 5.18. The van der Waals surface area contributed by atoms with Crippen LogP contribution in [-0.2, 0) is 6.42 Å². The van der Waals surface area contributed by atoms with Crippen molar-refractivity contribution in [2.75, 3.05) is 0 Å². The van der Waals surface area contributed by atoms with Crippen molar-refractivity contribution in [3.8, 4) is 5.75 Å². The number of carbonyl (C=O) groups excluding carboxylic acids is 1. The van der Waals surface area contributed by atoms with Gasteiger partial charge in [-0.2, -0.15) is 0 Å². The lowest BCUT2D eigenvalue weighted by molar-refractivity contribution is 0.0733. The molecule has 1 heterocycles. The molecule has 3 aromatic carbocycles. The van der Waals surface area contributed by atoms with Crippen LogP contribution in [0.2, 0.25) is 0 Å². The largest absolute Gasteiger partial charge is 0.456 e. The van der Waals surface area contributed by atoms with E-state index in [1.54, 1.807) is 12.1 Å². The first-order valence-electron chi connectivity index (χ1n) is 13.6. The number of benzene rings is 3. The molecule has 37 heavy (non-hydrogen) atoms. The van der Waals surface area contributed by atoms with E-state index in [2.05, 4.69) is 56.3 Å². The van der Waals surface area contributed by atoms with Gasteiger partial charge in [0.15, 0.2) is 0 Å². The Hall–Kier alpha value is -3.59. The van der Waals surface area contributed by atoms with E-state index in [1.165, 1.54) is 46.9 Å². The number of rotatable bonds is 3. The lowest BCUT2D eigenvalue weighted by Gasteiger charge is -2.50. The highest BCUT2D eigenvalue weighted by atomic mass is 16.5. The van der Waals surface area contributed by atoms with Gasteiger partial charge in [-0.15, -0.1) is 0 Å². The topological polar surface area (TPSA) is 39.4 Å². The third-order valence-corrected chi connectivity index (χ3v) is 9.44. The van der Waals surface area contributed by atoms with Gasteiger partial charge in [0.2, 0.25) is 0 Å². The maximum atomic E-state index is 12.6. The van der Waals surface area contributed by atoms with E-state index in [0.29, 0.717) is 29.1 Å². The number of esters is 1. The van der Waals surface area contributed by atoms with Crippen molar-refractivity contribution in [1.82, 2.24) is 0 Å². The van der Waals surface area contributed by atoms with E-state index in [9.17, 15) is 4.79 Å². The zero-order valence-electron chi connectivity index (χ0n) is 21.5. The molecule has 0 saturated heterocycles. The second-order valence-electron chi connectivity index (χ2n) is 11.5. The monoisotopic (exact) mass is 488 g/mol. The SMILES string of the molecule is Cc1ccc2oc(C3=CCC4C5CCc6cc(OC(=O)c7ccccc7)ccc6C5CCC34C)cc2c1. The molecule has 0 radical (unpaired) electrons. The Balaban J connectivity index is 1.13. The third kappa shape index (κ3) is 3.67. The van der Waals surface area contributed by atoms with Crippen LogP contribution >= 0.6 is 0 Å². The molecule has 3 nitrogen and oxygen atoms in total. The summed E-state index contributed by atoms with van der Waals surface area (Å²) in [5, 5.41) is 1.20. The van der Waals surface area contributed by atoms with Crippen molar-refractivity contribution in [2.24, 2.45) is 17.3 Å². The van der Waals surface area contributed by atoms with Crippen LogP contribution in [0.1, 0.15) is 71.3 Å². The van der Waals surface area contributed by atoms with Crippen LogP contribution in [0.4, 0.5) is 0 Å². The molecule has 0 aliphatic heterocycles. The summed E-state index contributed by atoms with van der Waals surface area (Å²) in [6, 6.07) is 24.2. The van der Waals surface area contributed by atoms with E-state index in [0.717, 1.165) is 24.2 Å². The van der Waals surface area contributed by atoms with Crippen LogP contribution in [0.3, 0.4) is 0 Å². The van der Waals surface area contributed by atoms with Crippen molar-refractivity contribution in [3.63, 3.8) is 0 Å². The molecule has 7 rings (SSSR count). The van der Waals surface area contributed by atoms with E-state index < -0.39 is 0 Å². The quantitative estimate of drug-likeness (QED) is 0.214. The highest BCUT2D eigenvalue weighted by Gasteiger charge is 2.52. The number of carbonyl (C=O) groups is 1. The molecule has 186 valence electrons. The second kappa shape index (κ2) is 8.48. The highest BCUT2D eigenvalue weighted by Crippen LogP contribution is 2.63. The van der Waals surface area contributed by atoms with Gasteiger partial charge in [-0.25, -0.2) is 4.79 Å². The maximum Gasteiger partial charge on any atom is 0.343 e. The van der Waals surface area contributed by atoms with Gasteiger partial charge in [-0.3, -0.25) is 0 Å². The zero-order chi connectivity index (χ0) is 25.1. The molecule has 1 saturated carbocycles. The van der Waals surface area contributed by atoms with Crippen molar-refractivity contribution in [2.45, 2.75) is 51.9 Å². The minimum Gasteiger partial charge on any atom is -0.456 e. The predicted octanol–water partition coefficient (Wildman–Crippen LogP) is 8.51. The Morgan fingerprint density at radius 2 is 1.86 bits per heavy atom. The smallest absolute Gasteiger partial charge is 0.343 e. The number of ether oxygens (including phenoxy) is 1. The second-order valence-corrected chi connectivity index (χ2v) is 11.5. The highest BCUT2D eigenvalue weighted by molar-refractivity contribution is 5.91. The van der Waals surface area contributed by atoms with Gasteiger partial charge < -0.3 is 9.15 Å². The fourth-order valence-electron chi connectivity index (χ4n) is 7.61. The average molecular weight is 489 g/mol. The summed E-state index contributed by atoms with van der Waals surface area (Å²) in [6.07, 6.45) is 8.19. The molecule has 3 heteroatoms. The predicted molar refractivity (Wildman–Crippen MR) is 147 cm³/mol. The fourth-order valence-corrected chi connectivity index (χ4v) is 7.61. The van der Waals surface area contributed by atoms with Gasteiger partial charge in [-0.1, -0.05) is 48.9 Å². The number of allylic oxidation sites excluding steroid dienone is 2. The Bertz CT molecular complexity index is 1540. The van der Waals surface area contributed by atoms with Gasteiger partial charge >= 0.3 is 5.97 Å². The Morgan fingerprint density at radius 3 is 2.73 bits per heavy atom. The minimum atomic E-state index is -0.298. The number of hydrogen-bond donors (Lipinski definition) is 0. The molecule has 3 aliphatic carbocycles. The lowest BCUT2D eigenvalue weighted by Crippen LogP contribution is -2.40. The number of aryl methyl sites for hydroxylation is 2. The zero-order valence-corrected chi connectivity index (χ0v) is 21.5. The summed E-state index contributed by atoms with van der Waals surface area (Å²) >= 11 is 0. The lowest BCUT2D eigenvalue weighted by atomic mass is 9.54. The molecule has 1 fully saturated rings. The van der Waals surface area contributed by atoms with E-state index in [-0.39, 0.29) is 11.4 Å². The molecule has 0 amide bonds. The minimum absolute atomic E-state index is 0.159. The van der Waals surface area contributed by atoms with Gasteiger partial charge in [0, 0.05) is 5.39 Å². The summed E-state index contributed by atoms with van der Waals surface area (Å²) < 4.78 is 12.1. The van der Waals surface area contributed by atoms with Gasteiger partial charge in [-0.05, 0) is 121 Å². The van der Waals surface area contributed by atoms with Crippen LogP contribution in [0.5, 0.6) is 5.75 Å². The first-order valence-corrected chi connectivity index (χ1v) is 13.6. The Labute approximate surface area is 218 Å². The van der Waals surface area contributed by atoms with Gasteiger partial charge in [0.25, 0.3) is 0 Å². The van der Waals surface area contributed by atoms with Crippen molar-refractivity contribution < 1.29 is 13.9 Å². The number of hydrogen-bond acceptors (Lipinski definition) is 3. The molecule has 3 aliphatic rings. The average Bonchev–Trinajstić information content (AvgIpc) is 3.48. The summed E-state index contributed by atoms with van der Waals surface area (Å²) in [6.45, 7) is 4.61. The first kappa shape index (κ1) is 22.6. The van der Waals surface area contributed by atoms with Gasteiger partial charge in [0.1, 0.15) is 17.1 Å². The summed E-state index contributed by atoms with van der Waals surface area (Å²) in [4.78, 5) is 12.6. The Morgan fingerprint density at radius 1 is 1.00 bits per heavy atom. The van der Waals surface area contributed by atoms with E-state index in [4.69, 9.17) is 9.15 Å². The fraction of sp³-hybridized carbons (Fsp3) is 0.324. The normalized spacial score (nSPS) is 26.2. The molecular formula is C34H32O3. The first-order chi connectivity index (χ1) is 18.0. The van der Waals surface area contributed by atoms with Crippen LogP contribution in [0, 0.1) is 24.2 Å². The van der Waals surface area contributed by atoms with Crippen molar-refractivity contribution >= 4 is 22.5 Å². The summed E-state index contributed by atoms with van der Waals surface area (Å²) in [5.41, 5.74) is 7.22. The molecule has 4 atom stereocenters. The molecule has 0 N–H and O–H groups in total. The number of furan rings is 1. The van der Waals surface area contributed by atoms with Crippen molar-refractivity contribution in [3.05, 3.63) is 107 Å². The molecule has 4 unspecified atom stereocenters. The van der Waals surface area contributed by atoms with E-state index in [1.807, 2.05) is 24.3 Å². The standard InChI is InChI=1S/C34H32O3/c1-21-8-15-31-24(18-21)20-32(37-31)30-14-13-29-28-11-9-23-19-25(36-33(35)22-6-4-3-5-7-22)10-12-26(23)27(28)16-17-34(29,30)2/h3-8,10,12,14-15,18-20,27-29H,9,11,13,16-17H2,1-2H3. The van der Waals surface area contributed by atoms with Gasteiger partial charge in [0.05, 0.1) is 5.56 Å². The summed E-state index contributed by atoms with van der Waals surface area (Å²) in [7, 11) is 0. The molecular weight excluding hydrogens is 456 g/mol. The number of fused-ring (bicyclic) bond motifs is 6. The molecule has 1 aromatic heterocycles. The molecule has 0 bridgehead atoms. The third-order valence-electron chi connectivity index (χ3n) is 9.44. The molecule has 4 aromatic rings. The van der Waals surface area contributed by atoms with Crippen molar-refractivity contribution in [1.29, 1.82) is 0 Å². The van der Waals surface area contributed by atoms with Crippen LogP contribution in [-0.4, -0.2) is 5.97 Å².